The van der Waals surface area contributed by atoms with Crippen molar-refractivity contribution in [3.63, 3.8) is 0 Å². The Bertz CT molecular complexity index is 619. The fraction of sp³-hybridized carbons (Fsp3) is 0.462. The number of nitrogen functional groups attached to an aromatic ring is 1. The minimum absolute atomic E-state index is 0.0593. The van der Waals surface area contributed by atoms with Crippen LogP contribution in [-0.2, 0) is 6.54 Å². The molecule has 6 heteroatoms. The van der Waals surface area contributed by atoms with Crippen LogP contribution in [0.3, 0.4) is 0 Å². The van der Waals surface area contributed by atoms with Gasteiger partial charge >= 0.3 is 0 Å². The number of nitrogens with zero attached hydrogens (tertiary/aromatic N) is 3. The number of hydrogen-bond acceptors (Lipinski definition) is 3. The van der Waals surface area contributed by atoms with E-state index in [0.717, 1.165) is 0 Å². The summed E-state index contributed by atoms with van der Waals surface area (Å²) in [6.07, 6.45) is 0. The number of fused-ring (bicyclic) bond motifs is 1. The van der Waals surface area contributed by atoms with Gasteiger partial charge in [0.05, 0.1) is 16.1 Å². The van der Waals surface area contributed by atoms with Gasteiger partial charge in [0, 0.05) is 18.2 Å². The molecule has 2 N–H and O–H groups in total. The summed E-state index contributed by atoms with van der Waals surface area (Å²) in [6.45, 7) is 4.79. The standard InChI is InChI=1S/C13H18ClFN4/c1-13(2,18(3)4)7-19-11-6-9(15)8(14)5-10(11)17-12(19)16/h5-6H,7H2,1-4H3,(H2,16,17). The third kappa shape index (κ3) is 2.53. The van der Waals surface area contributed by atoms with E-state index >= 15 is 0 Å². The highest BCUT2D eigenvalue weighted by Gasteiger charge is 2.24. The smallest absolute Gasteiger partial charge is 0.201 e. The van der Waals surface area contributed by atoms with Crippen molar-refractivity contribution in [3.8, 4) is 0 Å². The number of benzene rings is 1. The van der Waals surface area contributed by atoms with E-state index < -0.39 is 5.82 Å². The monoisotopic (exact) mass is 284 g/mol. The second-order valence-electron chi connectivity index (χ2n) is 5.52. The number of hydrogen-bond donors (Lipinski definition) is 1. The van der Waals surface area contributed by atoms with E-state index in [4.69, 9.17) is 17.3 Å². The average molecular weight is 285 g/mol. The summed E-state index contributed by atoms with van der Waals surface area (Å²) in [5.74, 6) is -0.0930. The Balaban J connectivity index is 2.54. The van der Waals surface area contributed by atoms with Crippen molar-refractivity contribution in [1.29, 1.82) is 0 Å². The molecule has 2 aromatic rings. The van der Waals surface area contributed by atoms with Gasteiger partial charge < -0.3 is 15.2 Å². The summed E-state index contributed by atoms with van der Waals surface area (Å²) in [4.78, 5) is 6.32. The van der Waals surface area contributed by atoms with Crippen LogP contribution in [0.4, 0.5) is 10.3 Å². The van der Waals surface area contributed by atoms with Gasteiger partial charge in [-0.3, -0.25) is 0 Å². The third-order valence-electron chi connectivity index (χ3n) is 3.58. The lowest BCUT2D eigenvalue weighted by Crippen LogP contribution is -2.42. The fourth-order valence-electron chi connectivity index (χ4n) is 1.83. The first-order valence-electron chi connectivity index (χ1n) is 6.00. The lowest BCUT2D eigenvalue weighted by molar-refractivity contribution is 0.172. The first-order valence-corrected chi connectivity index (χ1v) is 6.38. The second-order valence-corrected chi connectivity index (χ2v) is 5.93. The molecule has 0 saturated heterocycles. The highest BCUT2D eigenvalue weighted by atomic mass is 35.5. The first-order chi connectivity index (χ1) is 8.72. The van der Waals surface area contributed by atoms with Crippen LogP contribution < -0.4 is 5.73 Å². The Labute approximate surface area is 117 Å². The number of rotatable bonds is 3. The van der Waals surface area contributed by atoms with Crippen molar-refractivity contribution in [3.05, 3.63) is 23.0 Å². The van der Waals surface area contributed by atoms with E-state index in [1.807, 2.05) is 18.7 Å². The van der Waals surface area contributed by atoms with Crippen molar-refractivity contribution >= 4 is 28.6 Å². The summed E-state index contributed by atoms with van der Waals surface area (Å²) in [7, 11) is 3.99. The Hall–Kier alpha value is -1.33. The molecule has 0 aliphatic rings. The zero-order valence-corrected chi connectivity index (χ0v) is 12.3. The molecule has 19 heavy (non-hydrogen) atoms. The molecule has 4 nitrogen and oxygen atoms in total. The van der Waals surface area contributed by atoms with E-state index in [-0.39, 0.29) is 10.6 Å². The molecule has 0 radical (unpaired) electrons. The van der Waals surface area contributed by atoms with Gasteiger partial charge in [-0.2, -0.15) is 0 Å². The number of aromatic nitrogens is 2. The molecule has 0 fully saturated rings. The predicted molar refractivity (Wildman–Crippen MR) is 76.9 cm³/mol. The topological polar surface area (TPSA) is 47.1 Å². The van der Waals surface area contributed by atoms with Crippen molar-refractivity contribution in [2.45, 2.75) is 25.9 Å². The van der Waals surface area contributed by atoms with Crippen LogP contribution in [0.5, 0.6) is 0 Å². The molecular weight excluding hydrogens is 267 g/mol. The van der Waals surface area contributed by atoms with Crippen molar-refractivity contribution in [1.82, 2.24) is 14.5 Å². The molecule has 0 aliphatic heterocycles. The normalized spacial score (nSPS) is 12.6. The van der Waals surface area contributed by atoms with Gasteiger partial charge in [-0.05, 0) is 34.0 Å². The summed E-state index contributed by atoms with van der Waals surface area (Å²) >= 11 is 5.76. The minimum Gasteiger partial charge on any atom is -0.369 e. The number of imidazole rings is 1. The van der Waals surface area contributed by atoms with Crippen molar-refractivity contribution in [2.75, 3.05) is 19.8 Å². The molecule has 0 spiro atoms. The number of likely N-dealkylation sites (N-methyl/N-ethyl adjacent to an activating group) is 1. The first kappa shape index (κ1) is 14.1. The van der Waals surface area contributed by atoms with E-state index in [1.165, 1.54) is 12.1 Å². The maximum atomic E-state index is 13.6. The quantitative estimate of drug-likeness (QED) is 0.943. The Morgan fingerprint density at radius 2 is 2.05 bits per heavy atom. The van der Waals surface area contributed by atoms with Gasteiger partial charge in [0.15, 0.2) is 0 Å². The lowest BCUT2D eigenvalue weighted by Gasteiger charge is -2.33. The molecule has 1 aromatic carbocycles. The summed E-state index contributed by atoms with van der Waals surface area (Å²) in [5, 5.41) is 0.0593. The Kier molecular flexibility index (Phi) is 3.45. The third-order valence-corrected chi connectivity index (χ3v) is 3.87. The number of nitrogens with two attached hydrogens (primary N) is 1. The summed E-state index contributed by atoms with van der Waals surface area (Å²) in [5.41, 5.74) is 7.07. The number of halogens is 2. The molecule has 0 bridgehead atoms. The van der Waals surface area contributed by atoms with Gasteiger partial charge in [0.2, 0.25) is 5.95 Å². The van der Waals surface area contributed by atoms with Gasteiger partial charge in [-0.25, -0.2) is 9.37 Å². The maximum Gasteiger partial charge on any atom is 0.201 e. The zero-order chi connectivity index (χ0) is 14.4. The largest absolute Gasteiger partial charge is 0.369 e. The average Bonchev–Trinajstić information content (AvgIpc) is 2.56. The van der Waals surface area contributed by atoms with Gasteiger partial charge in [-0.1, -0.05) is 11.6 Å². The van der Waals surface area contributed by atoms with Crippen molar-refractivity contribution < 1.29 is 4.39 Å². The Morgan fingerprint density at radius 1 is 1.42 bits per heavy atom. The van der Waals surface area contributed by atoms with Gasteiger partial charge in [0.1, 0.15) is 5.82 Å². The predicted octanol–water partition coefficient (Wildman–Crippen LogP) is 2.75. The molecule has 0 aliphatic carbocycles. The second kappa shape index (κ2) is 4.65. The molecule has 0 saturated carbocycles. The SMILES string of the molecule is CN(C)C(C)(C)Cn1c(N)nc2cc(Cl)c(F)cc21. The molecular formula is C13H18ClFN4. The van der Waals surface area contributed by atoms with Crippen LogP contribution in [0.2, 0.25) is 5.02 Å². The van der Waals surface area contributed by atoms with E-state index in [2.05, 4.69) is 23.7 Å². The maximum absolute atomic E-state index is 13.6. The van der Waals surface area contributed by atoms with E-state index in [9.17, 15) is 4.39 Å². The molecule has 0 unspecified atom stereocenters. The highest BCUT2D eigenvalue weighted by Crippen LogP contribution is 2.26. The van der Waals surface area contributed by atoms with Crippen LogP contribution in [0.1, 0.15) is 13.8 Å². The van der Waals surface area contributed by atoms with Crippen LogP contribution in [0.25, 0.3) is 11.0 Å². The molecule has 2 rings (SSSR count). The van der Waals surface area contributed by atoms with Crippen molar-refractivity contribution in [2.24, 2.45) is 0 Å². The highest BCUT2D eigenvalue weighted by molar-refractivity contribution is 6.31. The molecule has 104 valence electrons. The minimum atomic E-state index is -0.460. The molecule has 0 atom stereocenters. The van der Waals surface area contributed by atoms with E-state index in [1.54, 1.807) is 0 Å². The molecule has 1 heterocycles. The lowest BCUT2D eigenvalue weighted by atomic mass is 10.0. The zero-order valence-electron chi connectivity index (χ0n) is 11.5. The number of anilines is 1. The van der Waals surface area contributed by atoms with Crippen LogP contribution in [0.15, 0.2) is 12.1 Å². The van der Waals surface area contributed by atoms with Crippen LogP contribution in [-0.4, -0.2) is 34.1 Å². The van der Waals surface area contributed by atoms with Crippen LogP contribution >= 0.6 is 11.6 Å². The Morgan fingerprint density at radius 3 is 2.63 bits per heavy atom. The van der Waals surface area contributed by atoms with Crippen LogP contribution in [0, 0.1) is 5.82 Å². The molecule has 1 aromatic heterocycles. The summed E-state index contributed by atoms with van der Waals surface area (Å²) in [6, 6.07) is 2.88. The molecule has 0 amide bonds. The summed E-state index contributed by atoms with van der Waals surface area (Å²) < 4.78 is 15.4. The fourth-order valence-corrected chi connectivity index (χ4v) is 1.99. The van der Waals surface area contributed by atoms with Gasteiger partial charge in [-0.15, -0.1) is 0 Å². The van der Waals surface area contributed by atoms with E-state index in [0.29, 0.717) is 23.5 Å². The van der Waals surface area contributed by atoms with Gasteiger partial charge in [0.25, 0.3) is 0 Å².